The van der Waals surface area contributed by atoms with Crippen LogP contribution in [0.3, 0.4) is 0 Å². The molecule has 0 radical (unpaired) electrons. The molecule has 1 aliphatic rings. The van der Waals surface area contributed by atoms with Crippen molar-refractivity contribution in [2.75, 3.05) is 13.2 Å². The Bertz CT molecular complexity index is 684. The summed E-state index contributed by atoms with van der Waals surface area (Å²) in [6, 6.07) is 23.3. The third kappa shape index (κ3) is 3.78. The fourth-order valence-corrected chi connectivity index (χ4v) is 11.1. The second kappa shape index (κ2) is 7.90. The third-order valence-corrected chi connectivity index (χ3v) is 13.2. The van der Waals surface area contributed by atoms with E-state index in [9.17, 15) is 10.2 Å². The van der Waals surface area contributed by atoms with Gasteiger partial charge in [0.1, 0.15) is 8.07 Å². The molecule has 146 valence electrons. The van der Waals surface area contributed by atoms with Crippen LogP contribution in [0.2, 0.25) is 11.1 Å². The Kier molecular flexibility index (Phi) is 5.95. The van der Waals surface area contributed by atoms with Crippen LogP contribution in [0.1, 0.15) is 40.0 Å². The fraction of sp³-hybridized carbons (Fsp3) is 0.500. The molecular formula is C24H34O2Si. The molecule has 2 atom stereocenters. The third-order valence-electron chi connectivity index (χ3n) is 6.87. The van der Waals surface area contributed by atoms with E-state index in [1.54, 1.807) is 0 Å². The van der Waals surface area contributed by atoms with E-state index < -0.39 is 8.07 Å². The Morgan fingerprint density at radius 3 is 1.85 bits per heavy atom. The minimum atomic E-state index is -2.07. The van der Waals surface area contributed by atoms with Crippen molar-refractivity contribution in [3.05, 3.63) is 60.7 Å². The summed E-state index contributed by atoms with van der Waals surface area (Å²) in [5, 5.41) is 22.6. The average molecular weight is 383 g/mol. The van der Waals surface area contributed by atoms with Gasteiger partial charge in [-0.3, -0.25) is 0 Å². The molecule has 2 N–H and O–H groups in total. The molecule has 1 aliphatic carbocycles. The van der Waals surface area contributed by atoms with Crippen LogP contribution in [0.4, 0.5) is 0 Å². The highest BCUT2D eigenvalue weighted by atomic mass is 28.3. The lowest BCUT2D eigenvalue weighted by atomic mass is 9.99. The second-order valence-electron chi connectivity index (χ2n) is 9.34. The van der Waals surface area contributed by atoms with Gasteiger partial charge < -0.3 is 10.2 Å². The summed E-state index contributed by atoms with van der Waals surface area (Å²) >= 11 is 0. The van der Waals surface area contributed by atoms with Crippen LogP contribution in [-0.2, 0) is 0 Å². The van der Waals surface area contributed by atoms with Gasteiger partial charge in [0.25, 0.3) is 0 Å². The molecule has 27 heavy (non-hydrogen) atoms. The zero-order chi connectivity index (χ0) is 19.5. The average Bonchev–Trinajstić information content (AvgIpc) is 3.38. The highest BCUT2D eigenvalue weighted by molar-refractivity contribution is 7.04. The van der Waals surface area contributed by atoms with E-state index in [0.29, 0.717) is 5.92 Å². The van der Waals surface area contributed by atoms with E-state index in [4.69, 9.17) is 0 Å². The highest BCUT2D eigenvalue weighted by Gasteiger charge is 2.59. The van der Waals surface area contributed by atoms with E-state index in [0.717, 1.165) is 25.3 Å². The van der Waals surface area contributed by atoms with E-state index in [2.05, 4.69) is 81.4 Å². The van der Waals surface area contributed by atoms with Crippen LogP contribution in [0.15, 0.2) is 60.7 Å². The monoisotopic (exact) mass is 382 g/mol. The zero-order valence-corrected chi connectivity index (χ0v) is 18.0. The Hall–Kier alpha value is -1.42. The molecule has 0 spiro atoms. The van der Waals surface area contributed by atoms with Crippen LogP contribution in [0.5, 0.6) is 0 Å². The molecule has 2 nitrogen and oxygen atoms in total. The van der Waals surface area contributed by atoms with Crippen LogP contribution in [0.25, 0.3) is 0 Å². The van der Waals surface area contributed by atoms with Crippen molar-refractivity contribution in [1.29, 1.82) is 0 Å². The smallest absolute Gasteiger partial charge is 0.123 e. The quantitative estimate of drug-likeness (QED) is 0.682. The predicted octanol–water partition coefficient (Wildman–Crippen LogP) is 3.82. The number of aliphatic hydroxyl groups is 2. The summed E-state index contributed by atoms with van der Waals surface area (Å²) in [4.78, 5) is 0. The summed E-state index contributed by atoms with van der Waals surface area (Å²) < 4.78 is 0. The van der Waals surface area contributed by atoms with E-state index >= 15 is 0 Å². The van der Waals surface area contributed by atoms with E-state index in [1.807, 2.05) is 0 Å². The minimum Gasteiger partial charge on any atom is -0.396 e. The van der Waals surface area contributed by atoms with Crippen molar-refractivity contribution in [3.8, 4) is 0 Å². The van der Waals surface area contributed by atoms with Crippen molar-refractivity contribution in [2.45, 2.75) is 51.1 Å². The zero-order valence-electron chi connectivity index (χ0n) is 17.0. The van der Waals surface area contributed by atoms with Gasteiger partial charge >= 0.3 is 0 Å². The van der Waals surface area contributed by atoms with Gasteiger partial charge in [-0.05, 0) is 41.7 Å². The molecular weight excluding hydrogens is 348 g/mol. The number of rotatable bonds is 8. The highest BCUT2D eigenvalue weighted by Crippen LogP contribution is 2.60. The first-order valence-corrected chi connectivity index (χ1v) is 12.4. The Morgan fingerprint density at radius 2 is 1.44 bits per heavy atom. The Morgan fingerprint density at radius 1 is 0.926 bits per heavy atom. The van der Waals surface area contributed by atoms with Crippen molar-refractivity contribution in [1.82, 2.24) is 0 Å². The van der Waals surface area contributed by atoms with Crippen LogP contribution in [0, 0.1) is 11.3 Å². The first-order valence-electron chi connectivity index (χ1n) is 10.2. The van der Waals surface area contributed by atoms with Crippen LogP contribution >= 0.6 is 0 Å². The normalized spacial score (nSPS) is 22.6. The molecule has 2 aromatic rings. The maximum atomic E-state index is 10.1. The maximum absolute atomic E-state index is 10.1. The first kappa shape index (κ1) is 20.3. The predicted molar refractivity (Wildman–Crippen MR) is 116 cm³/mol. The first-order chi connectivity index (χ1) is 12.9. The fourth-order valence-electron chi connectivity index (χ4n) is 5.12. The van der Waals surface area contributed by atoms with Gasteiger partial charge in [0, 0.05) is 13.2 Å². The molecule has 0 heterocycles. The molecule has 0 unspecified atom stereocenters. The molecule has 0 aliphatic heterocycles. The van der Waals surface area contributed by atoms with Gasteiger partial charge in [-0.25, -0.2) is 0 Å². The number of aliphatic hydroxyl groups excluding tert-OH is 2. The topological polar surface area (TPSA) is 40.5 Å². The van der Waals surface area contributed by atoms with E-state index in [1.165, 1.54) is 10.4 Å². The molecule has 0 amide bonds. The molecule has 0 saturated heterocycles. The lowest BCUT2D eigenvalue weighted by Crippen LogP contribution is -2.64. The molecule has 3 rings (SSSR count). The molecule has 3 heteroatoms. The van der Waals surface area contributed by atoms with E-state index in [-0.39, 0.29) is 23.7 Å². The Balaban J connectivity index is 2.06. The van der Waals surface area contributed by atoms with Gasteiger partial charge in [-0.2, -0.15) is 0 Å². The molecule has 0 bridgehead atoms. The molecule has 2 aromatic carbocycles. The van der Waals surface area contributed by atoms with Crippen molar-refractivity contribution < 1.29 is 10.2 Å². The van der Waals surface area contributed by atoms with Crippen LogP contribution in [-0.4, -0.2) is 31.5 Å². The summed E-state index contributed by atoms with van der Waals surface area (Å²) in [5.41, 5.74) is 0.0236. The summed E-state index contributed by atoms with van der Waals surface area (Å²) in [6.07, 6.45) is 2.81. The molecule has 1 fully saturated rings. The van der Waals surface area contributed by atoms with Crippen LogP contribution < -0.4 is 10.4 Å². The number of hydrogen-bond donors (Lipinski definition) is 2. The largest absolute Gasteiger partial charge is 0.396 e. The summed E-state index contributed by atoms with van der Waals surface area (Å²) in [7, 11) is -2.07. The summed E-state index contributed by atoms with van der Waals surface area (Å²) in [5.74, 6) is 0.542. The molecule has 0 aromatic heterocycles. The van der Waals surface area contributed by atoms with Crippen molar-refractivity contribution >= 4 is 18.4 Å². The van der Waals surface area contributed by atoms with Gasteiger partial charge in [-0.15, -0.1) is 0 Å². The van der Waals surface area contributed by atoms with Crippen molar-refractivity contribution in [2.24, 2.45) is 11.3 Å². The SMILES string of the molecule is CC(C)(C)[Si](C[C@H]1C[C@@]1(CO)CCCO)(c1ccccc1)c1ccccc1. The number of benzene rings is 2. The minimum absolute atomic E-state index is 0.0236. The summed E-state index contributed by atoms with van der Waals surface area (Å²) in [6.45, 7) is 7.66. The second-order valence-corrected chi connectivity index (χ2v) is 14.2. The molecule has 1 saturated carbocycles. The van der Waals surface area contributed by atoms with Gasteiger partial charge in [0.2, 0.25) is 0 Å². The maximum Gasteiger partial charge on any atom is 0.123 e. The number of hydrogen-bond acceptors (Lipinski definition) is 2. The standard InChI is InChI=1S/C24H34O2Si/c1-23(2,3)27(21-11-6-4-7-12-21,22-13-8-5-9-14-22)18-20-17-24(20,19-26)15-10-16-25/h4-9,11-14,20,25-26H,10,15-19H2,1-3H3/t20-,24-/m1/s1. The lowest BCUT2D eigenvalue weighted by molar-refractivity contribution is 0.176. The van der Waals surface area contributed by atoms with Gasteiger partial charge in [0.05, 0.1) is 0 Å². The Labute approximate surface area is 165 Å². The van der Waals surface area contributed by atoms with Crippen molar-refractivity contribution in [3.63, 3.8) is 0 Å². The lowest BCUT2D eigenvalue weighted by Gasteiger charge is -2.45. The van der Waals surface area contributed by atoms with Gasteiger partial charge in [0.15, 0.2) is 0 Å². The van der Waals surface area contributed by atoms with Gasteiger partial charge in [-0.1, -0.05) is 91.8 Å².